The van der Waals surface area contributed by atoms with E-state index in [9.17, 15) is 22.8 Å². The van der Waals surface area contributed by atoms with Gasteiger partial charge in [0, 0.05) is 37.7 Å². The van der Waals surface area contributed by atoms with Gasteiger partial charge in [0.05, 0.1) is 11.5 Å². The first-order chi connectivity index (χ1) is 14.5. The van der Waals surface area contributed by atoms with E-state index in [1.54, 1.807) is 35.0 Å². The molecule has 1 fully saturated rings. The molecule has 0 aliphatic carbocycles. The Bertz CT molecular complexity index is 971. The van der Waals surface area contributed by atoms with Gasteiger partial charge < -0.3 is 9.80 Å². The molecule has 0 aromatic heterocycles. The van der Waals surface area contributed by atoms with E-state index in [0.29, 0.717) is 11.1 Å². The van der Waals surface area contributed by atoms with Crippen molar-refractivity contribution in [2.45, 2.75) is 38.9 Å². The van der Waals surface area contributed by atoms with Crippen LogP contribution in [0.3, 0.4) is 0 Å². The Morgan fingerprint density at radius 2 is 1.74 bits per heavy atom. The number of hydrogen-bond donors (Lipinski definition) is 0. The fourth-order valence-corrected chi connectivity index (χ4v) is 4.00. The smallest absolute Gasteiger partial charge is 0.343 e. The second-order valence-corrected chi connectivity index (χ2v) is 8.40. The fraction of sp³-hybridized carbons (Fsp3) is 0.417. The summed E-state index contributed by atoms with van der Waals surface area (Å²) in [5.41, 5.74) is 1.02. The number of rotatable bonds is 4. The van der Waals surface area contributed by atoms with Crippen LogP contribution in [0.25, 0.3) is 0 Å². The summed E-state index contributed by atoms with van der Waals surface area (Å²) in [5.74, 6) is -1.50. The molecular weight excluding hydrogens is 405 g/mol. The number of carbonyl (C=O) groups is 2. The Morgan fingerprint density at radius 1 is 1.06 bits per heavy atom. The number of carbonyl (C=O) groups excluding carboxylic acids is 2. The quantitative estimate of drug-likeness (QED) is 0.701. The molecule has 166 valence electrons. The highest BCUT2D eigenvalue weighted by molar-refractivity contribution is 5.96. The Balaban J connectivity index is 1.98. The molecule has 1 saturated heterocycles. The number of benzene rings is 2. The predicted molar refractivity (Wildman–Crippen MR) is 113 cm³/mol. The van der Waals surface area contributed by atoms with Gasteiger partial charge in [-0.15, -0.1) is 0 Å². The highest BCUT2D eigenvalue weighted by Gasteiger charge is 2.43. The van der Waals surface area contributed by atoms with Crippen molar-refractivity contribution in [3.63, 3.8) is 0 Å². The maximum absolute atomic E-state index is 13.3. The van der Waals surface area contributed by atoms with Crippen LogP contribution in [-0.2, 0) is 11.0 Å². The number of halogens is 3. The van der Waals surface area contributed by atoms with Gasteiger partial charge in [-0.1, -0.05) is 36.4 Å². The highest BCUT2D eigenvalue weighted by atomic mass is 19.4. The topological polar surface area (TPSA) is 40.6 Å². The average molecular weight is 432 g/mol. The maximum atomic E-state index is 13.3. The molecule has 0 spiro atoms. The minimum Gasteiger partial charge on any atom is -0.343 e. The third kappa shape index (κ3) is 4.75. The summed E-state index contributed by atoms with van der Waals surface area (Å²) in [5, 5.41) is 0. The van der Waals surface area contributed by atoms with Crippen LogP contribution in [0.2, 0.25) is 0 Å². The molecule has 0 N–H and O–H groups in total. The number of likely N-dealkylation sites (tertiary alicyclic amines) is 1. The SMILES string of the molecule is Cc1ccccc1C(=O)N1CC(C(=O)N(C)C(C)C)C(c2cccc(C(F)(F)F)c2)C1. The number of alkyl halides is 3. The molecule has 1 aliphatic rings. The van der Waals surface area contributed by atoms with Crippen molar-refractivity contribution < 1.29 is 22.8 Å². The first-order valence-electron chi connectivity index (χ1n) is 10.3. The predicted octanol–water partition coefficient (Wildman–Crippen LogP) is 4.74. The molecule has 31 heavy (non-hydrogen) atoms. The number of amides is 2. The largest absolute Gasteiger partial charge is 0.416 e. The van der Waals surface area contributed by atoms with Gasteiger partial charge in [0.25, 0.3) is 5.91 Å². The molecular formula is C24H27F3N2O2. The summed E-state index contributed by atoms with van der Waals surface area (Å²) in [6, 6.07) is 12.2. The van der Waals surface area contributed by atoms with E-state index in [4.69, 9.17) is 0 Å². The van der Waals surface area contributed by atoms with Gasteiger partial charge in [-0.25, -0.2) is 0 Å². The van der Waals surface area contributed by atoms with Gasteiger partial charge in [0.15, 0.2) is 0 Å². The molecule has 0 saturated carbocycles. The van der Waals surface area contributed by atoms with Crippen LogP contribution in [0.4, 0.5) is 13.2 Å². The highest BCUT2D eigenvalue weighted by Crippen LogP contribution is 2.38. The Hall–Kier alpha value is -2.83. The summed E-state index contributed by atoms with van der Waals surface area (Å²) in [6.07, 6.45) is -4.47. The number of nitrogens with zero attached hydrogens (tertiary/aromatic N) is 2. The molecule has 7 heteroatoms. The first kappa shape index (κ1) is 22.8. The molecule has 2 aromatic carbocycles. The second kappa shape index (κ2) is 8.73. The van der Waals surface area contributed by atoms with Crippen LogP contribution in [-0.4, -0.2) is 47.8 Å². The van der Waals surface area contributed by atoms with Crippen molar-refractivity contribution in [3.8, 4) is 0 Å². The van der Waals surface area contributed by atoms with E-state index < -0.39 is 23.6 Å². The van der Waals surface area contributed by atoms with E-state index >= 15 is 0 Å². The van der Waals surface area contributed by atoms with Gasteiger partial charge in [0.1, 0.15) is 0 Å². The van der Waals surface area contributed by atoms with Gasteiger partial charge >= 0.3 is 6.18 Å². The summed E-state index contributed by atoms with van der Waals surface area (Å²) in [6.45, 7) is 5.95. The zero-order chi connectivity index (χ0) is 22.9. The molecule has 2 atom stereocenters. The summed E-state index contributed by atoms with van der Waals surface area (Å²) < 4.78 is 39.8. The Labute approximate surface area is 180 Å². The van der Waals surface area contributed by atoms with E-state index in [0.717, 1.165) is 17.7 Å². The monoisotopic (exact) mass is 432 g/mol. The van der Waals surface area contributed by atoms with Crippen molar-refractivity contribution in [2.75, 3.05) is 20.1 Å². The minimum absolute atomic E-state index is 0.0595. The van der Waals surface area contributed by atoms with Crippen LogP contribution >= 0.6 is 0 Å². The lowest BCUT2D eigenvalue weighted by molar-refractivity contribution is -0.137. The summed E-state index contributed by atoms with van der Waals surface area (Å²) in [4.78, 5) is 29.5. The first-order valence-corrected chi connectivity index (χ1v) is 10.3. The lowest BCUT2D eigenvalue weighted by Crippen LogP contribution is -2.40. The molecule has 1 heterocycles. The van der Waals surface area contributed by atoms with Crippen LogP contribution in [0.15, 0.2) is 48.5 Å². The Morgan fingerprint density at radius 3 is 2.35 bits per heavy atom. The van der Waals surface area contributed by atoms with Crippen molar-refractivity contribution in [1.82, 2.24) is 9.80 Å². The second-order valence-electron chi connectivity index (χ2n) is 8.40. The van der Waals surface area contributed by atoms with Crippen molar-refractivity contribution >= 4 is 11.8 Å². The molecule has 2 unspecified atom stereocenters. The van der Waals surface area contributed by atoms with Gasteiger partial charge in [-0.3, -0.25) is 9.59 Å². The lowest BCUT2D eigenvalue weighted by Gasteiger charge is -2.27. The number of hydrogen-bond acceptors (Lipinski definition) is 2. The molecule has 2 aromatic rings. The van der Waals surface area contributed by atoms with Gasteiger partial charge in [-0.2, -0.15) is 13.2 Å². The normalized spacial score (nSPS) is 19.0. The van der Waals surface area contributed by atoms with E-state index in [2.05, 4.69) is 0 Å². The summed E-state index contributed by atoms with van der Waals surface area (Å²) in [7, 11) is 1.68. The third-order valence-corrected chi connectivity index (χ3v) is 6.06. The van der Waals surface area contributed by atoms with Crippen molar-refractivity contribution in [1.29, 1.82) is 0 Å². The van der Waals surface area contributed by atoms with Crippen LogP contribution in [0.5, 0.6) is 0 Å². The number of aryl methyl sites for hydroxylation is 1. The zero-order valence-corrected chi connectivity index (χ0v) is 18.1. The van der Waals surface area contributed by atoms with E-state index in [1.165, 1.54) is 6.07 Å². The minimum atomic E-state index is -4.47. The van der Waals surface area contributed by atoms with Crippen molar-refractivity contribution in [2.24, 2.45) is 5.92 Å². The van der Waals surface area contributed by atoms with E-state index in [-0.39, 0.29) is 30.9 Å². The molecule has 2 amide bonds. The van der Waals surface area contributed by atoms with Crippen LogP contribution in [0.1, 0.15) is 46.8 Å². The maximum Gasteiger partial charge on any atom is 0.416 e. The van der Waals surface area contributed by atoms with Gasteiger partial charge in [-0.05, 0) is 44.0 Å². The molecule has 4 nitrogen and oxygen atoms in total. The van der Waals surface area contributed by atoms with Crippen LogP contribution in [0, 0.1) is 12.8 Å². The Kier molecular flexibility index (Phi) is 6.43. The molecule has 3 rings (SSSR count). The van der Waals surface area contributed by atoms with E-state index in [1.807, 2.05) is 32.9 Å². The molecule has 1 aliphatic heterocycles. The van der Waals surface area contributed by atoms with Crippen LogP contribution < -0.4 is 0 Å². The van der Waals surface area contributed by atoms with Gasteiger partial charge in [0.2, 0.25) is 5.91 Å². The summed E-state index contributed by atoms with van der Waals surface area (Å²) >= 11 is 0. The fourth-order valence-electron chi connectivity index (χ4n) is 4.00. The average Bonchev–Trinajstić information content (AvgIpc) is 3.17. The molecule has 0 radical (unpaired) electrons. The zero-order valence-electron chi connectivity index (χ0n) is 18.1. The van der Waals surface area contributed by atoms with Crippen molar-refractivity contribution in [3.05, 3.63) is 70.8 Å². The third-order valence-electron chi connectivity index (χ3n) is 6.06. The lowest BCUT2D eigenvalue weighted by atomic mass is 9.87. The standard InChI is InChI=1S/C24H27F3N2O2/c1-15(2)28(4)22(30)21-14-29(23(31)19-11-6-5-8-16(19)3)13-20(21)17-9-7-10-18(12-17)24(25,26)27/h5-12,15,20-21H,13-14H2,1-4H3. The molecule has 0 bridgehead atoms.